The molecule has 1 amide bonds. The summed E-state index contributed by atoms with van der Waals surface area (Å²) in [5.41, 5.74) is 0. The zero-order chi connectivity index (χ0) is 14.2. The van der Waals surface area contributed by atoms with Crippen molar-refractivity contribution in [3.8, 4) is 0 Å². The molecule has 19 heavy (non-hydrogen) atoms. The molecule has 0 saturated heterocycles. The maximum atomic E-state index is 11.4. The molecule has 0 aliphatic heterocycles. The van der Waals surface area contributed by atoms with E-state index in [1.807, 2.05) is 35.3 Å². The molecule has 8 heteroatoms. The lowest BCUT2D eigenvalue weighted by atomic mass is 10.8. The number of carbonyl (C=O) groups excluding carboxylic acids is 1. The van der Waals surface area contributed by atoms with Gasteiger partial charge in [0.25, 0.3) is 5.24 Å². The average molecular weight is 362 g/mol. The number of aliphatic hydroxyl groups excluding tert-OH is 1. The molecule has 0 aromatic rings. The lowest BCUT2D eigenvalue weighted by Gasteiger charge is -2.04. The van der Waals surface area contributed by atoms with E-state index in [9.17, 15) is 4.79 Å². The highest BCUT2D eigenvalue weighted by atomic mass is 32.2. The van der Waals surface area contributed by atoms with E-state index < -0.39 is 0 Å². The summed E-state index contributed by atoms with van der Waals surface area (Å²) in [6, 6.07) is 0. The van der Waals surface area contributed by atoms with Gasteiger partial charge in [-0.15, -0.1) is 23.5 Å². The number of hydrogen-bond acceptors (Lipinski definition) is 7. The largest absolute Gasteiger partial charge is 0.396 e. The monoisotopic (exact) mass is 361 g/mol. The first kappa shape index (κ1) is 20.2. The molecule has 2 N–H and O–H groups in total. The van der Waals surface area contributed by atoms with Gasteiger partial charge in [0.15, 0.2) is 0 Å². The molecular formula is C11H23NO2S5. The fraction of sp³-hybridized carbons (Fsp3) is 0.909. The summed E-state index contributed by atoms with van der Waals surface area (Å²) in [6.45, 7) is 3.14. The first-order chi connectivity index (χ1) is 9.31. The summed E-state index contributed by atoms with van der Waals surface area (Å²) in [6.07, 6.45) is 0. The number of carbonyl (C=O) groups is 1. The van der Waals surface area contributed by atoms with Crippen LogP contribution in [0, 0.1) is 0 Å². The van der Waals surface area contributed by atoms with Crippen LogP contribution in [-0.2, 0) is 0 Å². The maximum absolute atomic E-state index is 11.4. The van der Waals surface area contributed by atoms with Crippen molar-refractivity contribution in [1.29, 1.82) is 0 Å². The molecule has 0 atom stereocenters. The van der Waals surface area contributed by atoms with E-state index in [-0.39, 0.29) is 11.8 Å². The number of aliphatic hydroxyl groups is 1. The van der Waals surface area contributed by atoms with Crippen LogP contribution >= 0.6 is 58.8 Å². The zero-order valence-corrected chi connectivity index (χ0v) is 15.3. The second-order valence-corrected chi connectivity index (χ2v) is 9.63. The lowest BCUT2D eigenvalue weighted by molar-refractivity contribution is 0.261. The molecule has 0 radical (unpaired) electrons. The molecule has 3 nitrogen and oxygen atoms in total. The van der Waals surface area contributed by atoms with Gasteiger partial charge >= 0.3 is 0 Å². The predicted molar refractivity (Wildman–Crippen MR) is 98.2 cm³/mol. The Morgan fingerprint density at radius 3 is 2.53 bits per heavy atom. The molecule has 0 aliphatic carbocycles. The van der Waals surface area contributed by atoms with Gasteiger partial charge in [-0.3, -0.25) is 4.79 Å². The van der Waals surface area contributed by atoms with Crippen LogP contribution in [0.3, 0.4) is 0 Å². The molecule has 0 aromatic heterocycles. The van der Waals surface area contributed by atoms with Gasteiger partial charge in [-0.1, -0.05) is 18.7 Å². The fourth-order valence-corrected chi connectivity index (χ4v) is 5.67. The number of hydrogen-bond donors (Lipinski definition) is 2. The fourth-order valence-electron chi connectivity index (χ4n) is 0.930. The Kier molecular flexibility index (Phi) is 18.3. The van der Waals surface area contributed by atoms with Crippen LogP contribution in [0.5, 0.6) is 0 Å². The Morgan fingerprint density at radius 1 is 1.00 bits per heavy atom. The van der Waals surface area contributed by atoms with Crippen molar-refractivity contribution >= 4 is 64.0 Å². The van der Waals surface area contributed by atoms with E-state index in [0.717, 1.165) is 39.7 Å². The lowest BCUT2D eigenvalue weighted by Crippen LogP contribution is -2.22. The maximum Gasteiger partial charge on any atom is 0.279 e. The second-order valence-electron chi connectivity index (χ2n) is 3.24. The third-order valence-electron chi connectivity index (χ3n) is 1.75. The number of amides is 1. The van der Waals surface area contributed by atoms with E-state index in [4.69, 9.17) is 5.11 Å². The Bertz CT molecular complexity index is 210. The molecule has 0 rings (SSSR count). The molecule has 114 valence electrons. The summed E-state index contributed by atoms with van der Waals surface area (Å²) in [5, 5.41) is 13.8. The van der Waals surface area contributed by atoms with Crippen LogP contribution < -0.4 is 5.32 Å². The van der Waals surface area contributed by atoms with Crippen molar-refractivity contribution in [1.82, 2.24) is 5.32 Å². The third-order valence-corrected chi connectivity index (χ3v) is 7.35. The molecule has 0 saturated carbocycles. The minimum atomic E-state index is 0.0689. The van der Waals surface area contributed by atoms with E-state index in [1.54, 1.807) is 11.8 Å². The van der Waals surface area contributed by atoms with Gasteiger partial charge in [0.05, 0.1) is 6.61 Å². The normalized spacial score (nSPS) is 10.6. The highest BCUT2D eigenvalue weighted by Crippen LogP contribution is 2.16. The Hall–Kier alpha value is 1.18. The van der Waals surface area contributed by atoms with Crippen LogP contribution in [0.2, 0.25) is 0 Å². The van der Waals surface area contributed by atoms with Crippen molar-refractivity contribution in [2.45, 2.75) is 6.92 Å². The van der Waals surface area contributed by atoms with E-state index in [0.29, 0.717) is 0 Å². The molecular weight excluding hydrogens is 338 g/mol. The van der Waals surface area contributed by atoms with Crippen molar-refractivity contribution in [2.75, 3.05) is 52.1 Å². The summed E-state index contributed by atoms with van der Waals surface area (Å²) in [7, 11) is 0. The predicted octanol–water partition coefficient (Wildman–Crippen LogP) is 3.29. The highest BCUT2D eigenvalue weighted by Gasteiger charge is 2.01. The molecule has 0 heterocycles. The molecule has 0 unspecified atom stereocenters. The molecule has 0 aromatic carbocycles. The summed E-state index contributed by atoms with van der Waals surface area (Å²) >= 11 is 8.78. The topological polar surface area (TPSA) is 49.3 Å². The zero-order valence-electron chi connectivity index (χ0n) is 11.3. The van der Waals surface area contributed by atoms with Gasteiger partial charge < -0.3 is 10.4 Å². The minimum Gasteiger partial charge on any atom is -0.396 e. The Balaban J connectivity index is 3.12. The SMILES string of the molecule is CCSCSCSCCNC(=O)SCCSCCO. The summed E-state index contributed by atoms with van der Waals surface area (Å²) < 4.78 is 0. The standard InChI is InChI=1S/C11H23NO2S5/c1-2-15-9-18-10-17-5-3-12-11(14)19-8-7-16-6-4-13/h13H,2-10H2,1H3,(H,12,14). The minimum absolute atomic E-state index is 0.0689. The Morgan fingerprint density at radius 2 is 1.79 bits per heavy atom. The van der Waals surface area contributed by atoms with Crippen LogP contribution in [0.25, 0.3) is 0 Å². The van der Waals surface area contributed by atoms with Crippen LogP contribution in [-0.4, -0.2) is 62.4 Å². The molecule has 0 spiro atoms. The van der Waals surface area contributed by atoms with E-state index >= 15 is 0 Å². The van der Waals surface area contributed by atoms with Gasteiger partial charge in [-0.25, -0.2) is 0 Å². The van der Waals surface area contributed by atoms with Gasteiger partial charge in [0.1, 0.15) is 0 Å². The van der Waals surface area contributed by atoms with Crippen molar-refractivity contribution in [3.05, 3.63) is 0 Å². The highest BCUT2D eigenvalue weighted by molar-refractivity contribution is 8.22. The first-order valence-electron chi connectivity index (χ1n) is 6.13. The number of thioether (sulfide) groups is 5. The number of rotatable bonds is 13. The van der Waals surface area contributed by atoms with Crippen molar-refractivity contribution in [3.63, 3.8) is 0 Å². The van der Waals surface area contributed by atoms with Crippen molar-refractivity contribution in [2.24, 2.45) is 0 Å². The van der Waals surface area contributed by atoms with Gasteiger partial charge in [-0.2, -0.15) is 23.5 Å². The first-order valence-corrected chi connectivity index (χ1v) is 11.7. The van der Waals surface area contributed by atoms with Gasteiger partial charge in [0, 0.05) is 39.7 Å². The molecule has 0 bridgehead atoms. The molecule has 0 aliphatic rings. The smallest absolute Gasteiger partial charge is 0.279 e. The molecule has 0 fully saturated rings. The second kappa shape index (κ2) is 17.2. The quantitative estimate of drug-likeness (QED) is 0.385. The van der Waals surface area contributed by atoms with Gasteiger partial charge in [0.2, 0.25) is 0 Å². The average Bonchev–Trinajstić information content (AvgIpc) is 2.41. The summed E-state index contributed by atoms with van der Waals surface area (Å²) in [4.78, 5) is 11.4. The van der Waals surface area contributed by atoms with Crippen LogP contribution in [0.15, 0.2) is 0 Å². The van der Waals surface area contributed by atoms with Crippen LogP contribution in [0.4, 0.5) is 4.79 Å². The summed E-state index contributed by atoms with van der Waals surface area (Å²) in [5.74, 6) is 4.65. The van der Waals surface area contributed by atoms with E-state index in [2.05, 4.69) is 12.2 Å². The number of nitrogens with one attached hydrogen (secondary N) is 1. The van der Waals surface area contributed by atoms with Crippen LogP contribution in [0.1, 0.15) is 6.92 Å². The Labute approximate surface area is 138 Å². The van der Waals surface area contributed by atoms with Gasteiger partial charge in [-0.05, 0) is 5.75 Å². The van der Waals surface area contributed by atoms with Crippen molar-refractivity contribution < 1.29 is 9.90 Å². The third kappa shape index (κ3) is 17.1. The van der Waals surface area contributed by atoms with E-state index in [1.165, 1.54) is 17.5 Å².